The van der Waals surface area contributed by atoms with Gasteiger partial charge in [0, 0.05) is 25.7 Å². The molecule has 2 rings (SSSR count). The standard InChI is InChI=1S/C14H23N3O4/c1-9-7-10(13(19)20)5-6-17(9)14(21)16(2)8-12(18)15-11-3-4-11/h9-11H,3-8H2,1-2H3,(H,15,18)(H,19,20). The first-order chi connectivity index (χ1) is 9.88. The Labute approximate surface area is 124 Å². The van der Waals surface area contributed by atoms with Crippen molar-refractivity contribution in [1.82, 2.24) is 15.1 Å². The third-order valence-electron chi connectivity index (χ3n) is 4.12. The second-order valence-corrected chi connectivity index (χ2v) is 6.08. The Morgan fingerprint density at radius 2 is 1.95 bits per heavy atom. The molecular formula is C14H23N3O4. The van der Waals surface area contributed by atoms with Crippen molar-refractivity contribution < 1.29 is 19.5 Å². The number of carboxylic acid groups (broad SMARTS) is 1. The van der Waals surface area contributed by atoms with Gasteiger partial charge in [0.05, 0.1) is 5.92 Å². The van der Waals surface area contributed by atoms with Gasteiger partial charge in [0.15, 0.2) is 0 Å². The number of urea groups is 1. The maximum Gasteiger partial charge on any atom is 0.320 e. The number of likely N-dealkylation sites (tertiary alicyclic amines) is 1. The van der Waals surface area contributed by atoms with Crippen LogP contribution in [0.25, 0.3) is 0 Å². The zero-order chi connectivity index (χ0) is 15.6. The molecule has 0 aromatic heterocycles. The predicted octanol–water partition coefficient (Wildman–Crippen LogP) is 0.502. The smallest absolute Gasteiger partial charge is 0.320 e. The average molecular weight is 297 g/mol. The summed E-state index contributed by atoms with van der Waals surface area (Å²) in [4.78, 5) is 38.1. The minimum Gasteiger partial charge on any atom is -0.481 e. The van der Waals surface area contributed by atoms with Crippen molar-refractivity contribution in [2.75, 3.05) is 20.1 Å². The largest absolute Gasteiger partial charge is 0.481 e. The van der Waals surface area contributed by atoms with Gasteiger partial charge in [-0.05, 0) is 32.6 Å². The van der Waals surface area contributed by atoms with Crippen molar-refractivity contribution in [2.45, 2.75) is 44.7 Å². The highest BCUT2D eigenvalue weighted by Crippen LogP contribution is 2.24. The normalized spacial score (nSPS) is 25.3. The quantitative estimate of drug-likeness (QED) is 0.791. The maximum absolute atomic E-state index is 12.3. The highest BCUT2D eigenvalue weighted by atomic mass is 16.4. The van der Waals surface area contributed by atoms with E-state index in [1.165, 1.54) is 4.90 Å². The molecule has 2 atom stereocenters. The molecule has 7 heteroatoms. The van der Waals surface area contributed by atoms with Crippen LogP contribution in [0.1, 0.15) is 32.6 Å². The van der Waals surface area contributed by atoms with E-state index in [1.807, 2.05) is 6.92 Å². The molecule has 1 aliphatic heterocycles. The molecule has 1 saturated heterocycles. The van der Waals surface area contributed by atoms with Gasteiger partial charge in [-0.25, -0.2) is 4.79 Å². The van der Waals surface area contributed by atoms with Gasteiger partial charge in [-0.3, -0.25) is 9.59 Å². The molecule has 1 aliphatic carbocycles. The Bertz CT molecular complexity index is 436. The van der Waals surface area contributed by atoms with Crippen LogP contribution in [0.5, 0.6) is 0 Å². The lowest BCUT2D eigenvalue weighted by Gasteiger charge is -2.38. The van der Waals surface area contributed by atoms with Gasteiger partial charge in [-0.15, -0.1) is 0 Å². The van der Waals surface area contributed by atoms with E-state index in [0.29, 0.717) is 19.4 Å². The van der Waals surface area contributed by atoms with Gasteiger partial charge in [0.1, 0.15) is 6.54 Å². The Morgan fingerprint density at radius 3 is 2.48 bits per heavy atom. The predicted molar refractivity (Wildman–Crippen MR) is 75.7 cm³/mol. The van der Waals surface area contributed by atoms with E-state index in [2.05, 4.69) is 5.32 Å². The summed E-state index contributed by atoms with van der Waals surface area (Å²) >= 11 is 0. The summed E-state index contributed by atoms with van der Waals surface area (Å²) in [6, 6.07) is -0.0511. The van der Waals surface area contributed by atoms with Crippen LogP contribution in [0, 0.1) is 5.92 Å². The molecule has 1 heterocycles. The van der Waals surface area contributed by atoms with Crippen molar-refractivity contribution in [3.05, 3.63) is 0 Å². The van der Waals surface area contributed by atoms with E-state index in [0.717, 1.165) is 12.8 Å². The molecule has 2 unspecified atom stereocenters. The Balaban J connectivity index is 1.83. The molecular weight excluding hydrogens is 274 g/mol. The zero-order valence-corrected chi connectivity index (χ0v) is 12.5. The van der Waals surface area contributed by atoms with Gasteiger partial charge >= 0.3 is 12.0 Å². The summed E-state index contributed by atoms with van der Waals surface area (Å²) in [7, 11) is 1.60. The number of carboxylic acids is 1. The van der Waals surface area contributed by atoms with Crippen LogP contribution in [0.4, 0.5) is 4.79 Å². The number of rotatable bonds is 4. The molecule has 1 saturated carbocycles. The molecule has 0 aromatic rings. The molecule has 0 aromatic carbocycles. The molecule has 2 fully saturated rings. The van der Waals surface area contributed by atoms with Gasteiger partial charge in [-0.1, -0.05) is 0 Å². The fourth-order valence-electron chi connectivity index (χ4n) is 2.68. The lowest BCUT2D eigenvalue weighted by molar-refractivity contribution is -0.143. The monoisotopic (exact) mass is 297 g/mol. The second kappa shape index (κ2) is 6.32. The van der Waals surface area contributed by atoms with E-state index >= 15 is 0 Å². The second-order valence-electron chi connectivity index (χ2n) is 6.08. The average Bonchev–Trinajstić information content (AvgIpc) is 3.21. The molecule has 7 nitrogen and oxygen atoms in total. The van der Waals surface area contributed by atoms with E-state index in [4.69, 9.17) is 5.11 Å². The summed E-state index contributed by atoms with van der Waals surface area (Å²) in [5.41, 5.74) is 0. The van der Waals surface area contributed by atoms with E-state index in [9.17, 15) is 14.4 Å². The molecule has 2 N–H and O–H groups in total. The Kier molecular flexibility index (Phi) is 4.69. The summed E-state index contributed by atoms with van der Waals surface area (Å²) in [6.07, 6.45) is 2.96. The summed E-state index contributed by atoms with van der Waals surface area (Å²) in [6.45, 7) is 2.32. The van der Waals surface area contributed by atoms with E-state index < -0.39 is 5.97 Å². The number of carbonyl (C=O) groups is 3. The SMILES string of the molecule is CC1CC(C(=O)O)CCN1C(=O)N(C)CC(=O)NC1CC1. The molecule has 118 valence electrons. The minimum atomic E-state index is -0.800. The van der Waals surface area contributed by atoms with Crippen molar-refractivity contribution >= 4 is 17.9 Å². The molecule has 21 heavy (non-hydrogen) atoms. The lowest BCUT2D eigenvalue weighted by atomic mass is 9.92. The van der Waals surface area contributed by atoms with Crippen LogP contribution in [-0.4, -0.2) is 65.0 Å². The number of carbonyl (C=O) groups excluding carboxylic acids is 2. The van der Waals surface area contributed by atoms with Gasteiger partial charge in [0.25, 0.3) is 0 Å². The Morgan fingerprint density at radius 1 is 1.29 bits per heavy atom. The molecule has 0 bridgehead atoms. The van der Waals surface area contributed by atoms with Gasteiger partial charge in [0.2, 0.25) is 5.91 Å². The lowest BCUT2D eigenvalue weighted by Crippen LogP contribution is -2.52. The number of hydrogen-bond acceptors (Lipinski definition) is 3. The maximum atomic E-state index is 12.3. The molecule has 2 aliphatic rings. The van der Waals surface area contributed by atoms with Crippen molar-refractivity contribution in [1.29, 1.82) is 0 Å². The number of piperidine rings is 1. The number of aliphatic carboxylic acids is 1. The fraction of sp³-hybridized carbons (Fsp3) is 0.786. The number of amides is 3. The van der Waals surface area contributed by atoms with E-state index in [-0.39, 0.29) is 36.5 Å². The topological polar surface area (TPSA) is 90.0 Å². The van der Waals surface area contributed by atoms with Gasteiger partial charge < -0.3 is 20.2 Å². The zero-order valence-electron chi connectivity index (χ0n) is 12.5. The first-order valence-corrected chi connectivity index (χ1v) is 7.42. The summed E-state index contributed by atoms with van der Waals surface area (Å²) in [5.74, 6) is -1.32. The highest BCUT2D eigenvalue weighted by Gasteiger charge is 2.34. The number of nitrogens with zero attached hydrogens (tertiary/aromatic N) is 2. The minimum absolute atomic E-state index is 0.0426. The fourth-order valence-corrected chi connectivity index (χ4v) is 2.68. The first-order valence-electron chi connectivity index (χ1n) is 7.42. The van der Waals surface area contributed by atoms with Gasteiger partial charge in [-0.2, -0.15) is 0 Å². The van der Waals surface area contributed by atoms with Crippen LogP contribution in [0.15, 0.2) is 0 Å². The van der Waals surface area contributed by atoms with Crippen LogP contribution in [-0.2, 0) is 9.59 Å². The summed E-state index contributed by atoms with van der Waals surface area (Å²) < 4.78 is 0. The molecule has 3 amide bonds. The number of hydrogen-bond donors (Lipinski definition) is 2. The third-order valence-corrected chi connectivity index (χ3v) is 4.12. The van der Waals surface area contributed by atoms with Crippen LogP contribution in [0.3, 0.4) is 0 Å². The Hall–Kier alpha value is -1.79. The van der Waals surface area contributed by atoms with Crippen LogP contribution < -0.4 is 5.32 Å². The molecule has 0 radical (unpaired) electrons. The highest BCUT2D eigenvalue weighted by molar-refractivity contribution is 5.84. The van der Waals surface area contributed by atoms with E-state index in [1.54, 1.807) is 11.9 Å². The molecule has 0 spiro atoms. The third kappa shape index (κ3) is 4.09. The van der Waals surface area contributed by atoms with Crippen molar-refractivity contribution in [2.24, 2.45) is 5.92 Å². The van der Waals surface area contributed by atoms with Crippen molar-refractivity contribution in [3.63, 3.8) is 0 Å². The van der Waals surface area contributed by atoms with Crippen LogP contribution >= 0.6 is 0 Å². The number of likely N-dealkylation sites (N-methyl/N-ethyl adjacent to an activating group) is 1. The van der Waals surface area contributed by atoms with Crippen LogP contribution in [0.2, 0.25) is 0 Å². The first kappa shape index (κ1) is 15.6. The summed E-state index contributed by atoms with van der Waals surface area (Å²) in [5, 5.41) is 11.9. The van der Waals surface area contributed by atoms with Crippen molar-refractivity contribution in [3.8, 4) is 0 Å². The number of nitrogens with one attached hydrogen (secondary N) is 1.